The van der Waals surface area contributed by atoms with Crippen LogP contribution in [-0.4, -0.2) is 40.5 Å². The molecule has 4 aromatic rings. The zero-order valence-corrected chi connectivity index (χ0v) is 18.5. The molecule has 2 N–H and O–H groups in total. The summed E-state index contributed by atoms with van der Waals surface area (Å²) in [5, 5.41) is 10.4. The smallest absolute Gasteiger partial charge is 0.352 e. The van der Waals surface area contributed by atoms with Gasteiger partial charge in [-0.2, -0.15) is 0 Å². The molecule has 0 bridgehead atoms. The number of rotatable bonds is 9. The zero-order valence-electron chi connectivity index (χ0n) is 18.5. The molecule has 0 radical (unpaired) electrons. The van der Waals surface area contributed by atoms with Crippen LogP contribution in [0.5, 0.6) is 5.75 Å². The van der Waals surface area contributed by atoms with Crippen molar-refractivity contribution in [1.29, 1.82) is 0 Å². The molecule has 0 aliphatic rings. The van der Waals surface area contributed by atoms with Crippen LogP contribution in [0.15, 0.2) is 78.9 Å². The normalized spacial score (nSPS) is 10.8. The van der Waals surface area contributed by atoms with Gasteiger partial charge in [0.25, 0.3) is 0 Å². The van der Waals surface area contributed by atoms with Gasteiger partial charge in [0.15, 0.2) is 0 Å². The van der Waals surface area contributed by atoms with E-state index in [-0.39, 0.29) is 18.0 Å². The zero-order chi connectivity index (χ0) is 23.2. The summed E-state index contributed by atoms with van der Waals surface area (Å²) in [5.74, 6) is -0.606. The number of ether oxygens (including phenoxy) is 1. The van der Waals surface area contributed by atoms with Crippen molar-refractivity contribution in [3.63, 3.8) is 0 Å². The Hall–Kier alpha value is -4.06. The summed E-state index contributed by atoms with van der Waals surface area (Å²) in [6, 6.07) is 25.1. The molecule has 0 atom stereocenters. The fourth-order valence-electron chi connectivity index (χ4n) is 3.78. The number of aromatic carboxylic acids is 1. The maximum Gasteiger partial charge on any atom is 0.352 e. The lowest BCUT2D eigenvalue weighted by atomic mass is 10.1. The Kier molecular flexibility index (Phi) is 6.74. The highest BCUT2D eigenvalue weighted by molar-refractivity contribution is 6.00. The SMILES string of the molecule is CN(CCc1ccccc1)C(=O)Cc1c(C(=O)O)[nH]c2ccc(OCc3ccccc3)cc12. The number of amides is 1. The van der Waals surface area contributed by atoms with Crippen LogP contribution in [0.25, 0.3) is 10.9 Å². The number of nitrogens with zero attached hydrogens (tertiary/aromatic N) is 1. The molecule has 33 heavy (non-hydrogen) atoms. The number of likely N-dealkylation sites (N-methyl/N-ethyl adjacent to an activating group) is 1. The third kappa shape index (κ3) is 5.41. The van der Waals surface area contributed by atoms with Crippen LogP contribution in [-0.2, 0) is 24.2 Å². The summed E-state index contributed by atoms with van der Waals surface area (Å²) in [6.45, 7) is 0.956. The van der Waals surface area contributed by atoms with Crippen LogP contribution in [0.3, 0.4) is 0 Å². The van der Waals surface area contributed by atoms with Gasteiger partial charge in [-0.25, -0.2) is 4.79 Å². The molecule has 1 heterocycles. The minimum Gasteiger partial charge on any atom is -0.489 e. The number of carboxylic acid groups (broad SMARTS) is 1. The Morgan fingerprint density at radius 2 is 1.61 bits per heavy atom. The van der Waals surface area contributed by atoms with Gasteiger partial charge in [0.1, 0.15) is 18.1 Å². The van der Waals surface area contributed by atoms with Gasteiger partial charge in [0.2, 0.25) is 5.91 Å². The lowest BCUT2D eigenvalue weighted by Crippen LogP contribution is -2.30. The highest BCUT2D eigenvalue weighted by Gasteiger charge is 2.21. The van der Waals surface area contributed by atoms with Crippen LogP contribution in [0.4, 0.5) is 0 Å². The van der Waals surface area contributed by atoms with Gasteiger partial charge in [0.05, 0.1) is 6.42 Å². The van der Waals surface area contributed by atoms with E-state index in [1.54, 1.807) is 30.1 Å². The molecule has 4 rings (SSSR count). The van der Waals surface area contributed by atoms with Crippen molar-refractivity contribution >= 4 is 22.8 Å². The fourth-order valence-corrected chi connectivity index (χ4v) is 3.78. The molecular weight excluding hydrogens is 416 g/mol. The Morgan fingerprint density at radius 1 is 0.939 bits per heavy atom. The molecule has 0 aliphatic heterocycles. The number of carboxylic acids is 1. The Labute approximate surface area is 192 Å². The second kappa shape index (κ2) is 10.0. The number of aromatic amines is 1. The predicted molar refractivity (Wildman–Crippen MR) is 128 cm³/mol. The topological polar surface area (TPSA) is 82.6 Å². The summed E-state index contributed by atoms with van der Waals surface area (Å²) < 4.78 is 5.91. The maximum atomic E-state index is 12.9. The van der Waals surface area contributed by atoms with E-state index in [2.05, 4.69) is 4.98 Å². The standard InChI is InChI=1S/C27H26N2O4/c1-29(15-14-19-8-4-2-5-9-19)25(30)17-23-22-16-21(33-18-20-10-6-3-7-11-20)12-13-24(22)28-26(23)27(31)32/h2-13,16,28H,14-15,17-18H2,1H3,(H,31,32). The molecule has 1 amide bonds. The maximum absolute atomic E-state index is 12.9. The second-order valence-electron chi connectivity index (χ2n) is 7.99. The van der Waals surface area contributed by atoms with E-state index in [0.29, 0.717) is 35.4 Å². The number of fused-ring (bicyclic) bond motifs is 1. The summed E-state index contributed by atoms with van der Waals surface area (Å²) >= 11 is 0. The quantitative estimate of drug-likeness (QED) is 0.394. The lowest BCUT2D eigenvalue weighted by Gasteiger charge is -2.17. The molecule has 0 saturated carbocycles. The van der Waals surface area contributed by atoms with E-state index < -0.39 is 5.97 Å². The van der Waals surface area contributed by atoms with Crippen LogP contribution in [0, 0.1) is 0 Å². The Morgan fingerprint density at radius 3 is 2.27 bits per heavy atom. The largest absolute Gasteiger partial charge is 0.489 e. The molecular formula is C27H26N2O4. The summed E-state index contributed by atoms with van der Waals surface area (Å²) in [6.07, 6.45) is 0.731. The highest BCUT2D eigenvalue weighted by Crippen LogP contribution is 2.28. The van der Waals surface area contributed by atoms with Crippen LogP contribution in [0.2, 0.25) is 0 Å². The lowest BCUT2D eigenvalue weighted by molar-refractivity contribution is -0.129. The average molecular weight is 443 g/mol. The molecule has 0 unspecified atom stereocenters. The summed E-state index contributed by atoms with van der Waals surface area (Å²) in [5.41, 5.74) is 3.35. The van der Waals surface area contributed by atoms with Crippen LogP contribution < -0.4 is 4.74 Å². The number of aromatic nitrogens is 1. The molecule has 6 heteroatoms. The third-order valence-electron chi connectivity index (χ3n) is 5.67. The minimum absolute atomic E-state index is 0.00490. The molecule has 168 valence electrons. The number of benzene rings is 3. The summed E-state index contributed by atoms with van der Waals surface area (Å²) in [7, 11) is 1.74. The predicted octanol–water partition coefficient (Wildman–Crippen LogP) is 4.69. The monoisotopic (exact) mass is 442 g/mol. The van der Waals surface area contributed by atoms with Crippen molar-refractivity contribution in [1.82, 2.24) is 9.88 Å². The molecule has 1 aromatic heterocycles. The van der Waals surface area contributed by atoms with E-state index in [1.165, 1.54) is 0 Å². The van der Waals surface area contributed by atoms with E-state index in [9.17, 15) is 14.7 Å². The number of nitrogens with one attached hydrogen (secondary N) is 1. The first-order valence-corrected chi connectivity index (χ1v) is 10.8. The first kappa shape index (κ1) is 22.1. The van der Waals surface area contributed by atoms with Gasteiger partial charge in [0, 0.05) is 30.1 Å². The van der Waals surface area contributed by atoms with Crippen molar-refractivity contribution in [2.24, 2.45) is 0 Å². The Balaban J connectivity index is 1.52. The molecule has 6 nitrogen and oxygen atoms in total. The Bertz CT molecular complexity index is 1250. The molecule has 3 aromatic carbocycles. The number of H-pyrrole nitrogens is 1. The summed E-state index contributed by atoms with van der Waals surface area (Å²) in [4.78, 5) is 29.4. The van der Waals surface area contributed by atoms with E-state index in [4.69, 9.17) is 4.74 Å². The minimum atomic E-state index is -1.09. The third-order valence-corrected chi connectivity index (χ3v) is 5.67. The van der Waals surface area contributed by atoms with E-state index in [1.807, 2.05) is 60.7 Å². The van der Waals surface area contributed by atoms with Crippen LogP contribution >= 0.6 is 0 Å². The molecule has 0 aliphatic carbocycles. The number of carbonyl (C=O) groups is 2. The van der Waals surface area contributed by atoms with Crippen molar-refractivity contribution in [3.8, 4) is 5.75 Å². The molecule has 0 spiro atoms. The van der Waals surface area contributed by atoms with E-state index in [0.717, 1.165) is 17.5 Å². The van der Waals surface area contributed by atoms with Crippen molar-refractivity contribution in [2.45, 2.75) is 19.4 Å². The molecule has 0 fully saturated rings. The van der Waals surface area contributed by atoms with E-state index >= 15 is 0 Å². The van der Waals surface area contributed by atoms with Crippen molar-refractivity contribution < 1.29 is 19.4 Å². The van der Waals surface area contributed by atoms with Gasteiger partial charge >= 0.3 is 5.97 Å². The number of hydrogen-bond acceptors (Lipinski definition) is 3. The van der Waals surface area contributed by atoms with Gasteiger partial charge in [-0.15, -0.1) is 0 Å². The van der Waals surface area contributed by atoms with Crippen molar-refractivity contribution in [2.75, 3.05) is 13.6 Å². The van der Waals surface area contributed by atoms with Crippen LogP contribution in [0.1, 0.15) is 27.2 Å². The molecule has 0 saturated heterocycles. The van der Waals surface area contributed by atoms with Gasteiger partial charge in [-0.05, 0) is 35.7 Å². The number of carbonyl (C=O) groups excluding carboxylic acids is 1. The fraction of sp³-hybridized carbons (Fsp3) is 0.185. The van der Waals surface area contributed by atoms with Crippen molar-refractivity contribution in [3.05, 3.63) is 101 Å². The first-order valence-electron chi connectivity index (χ1n) is 10.8. The number of hydrogen-bond donors (Lipinski definition) is 2. The van der Waals surface area contributed by atoms with Gasteiger partial charge < -0.3 is 19.7 Å². The first-order chi connectivity index (χ1) is 16.0. The van der Waals surface area contributed by atoms with Gasteiger partial charge in [-0.1, -0.05) is 60.7 Å². The highest BCUT2D eigenvalue weighted by atomic mass is 16.5. The van der Waals surface area contributed by atoms with Gasteiger partial charge in [-0.3, -0.25) is 4.79 Å². The second-order valence-corrected chi connectivity index (χ2v) is 7.99. The average Bonchev–Trinajstić information content (AvgIpc) is 3.20.